The Morgan fingerprint density at radius 1 is 1.39 bits per heavy atom. The van der Waals surface area contributed by atoms with Gasteiger partial charge in [0.25, 0.3) is 0 Å². The first-order chi connectivity index (χ1) is 10.9. The highest BCUT2D eigenvalue weighted by Gasteiger charge is 2.65. The Morgan fingerprint density at radius 3 is 2.91 bits per heavy atom. The van der Waals surface area contributed by atoms with Gasteiger partial charge in [-0.05, 0) is 27.2 Å². The number of ether oxygens (including phenoxy) is 3. The zero-order valence-corrected chi connectivity index (χ0v) is 13.5. The van der Waals surface area contributed by atoms with Crippen molar-refractivity contribution in [1.29, 1.82) is 0 Å². The Kier molecular flexibility index (Phi) is 3.12. The lowest BCUT2D eigenvalue weighted by atomic mass is 9.88. The summed E-state index contributed by atoms with van der Waals surface area (Å²) in [5.74, 6) is -0.264. The van der Waals surface area contributed by atoms with E-state index in [1.54, 1.807) is 0 Å². The van der Waals surface area contributed by atoms with E-state index in [0.29, 0.717) is 5.84 Å². The van der Waals surface area contributed by atoms with Crippen LogP contribution in [0, 0.1) is 0 Å². The van der Waals surface area contributed by atoms with Gasteiger partial charge in [-0.1, -0.05) is 6.08 Å². The van der Waals surface area contributed by atoms with Gasteiger partial charge in [-0.25, -0.2) is 4.99 Å². The average Bonchev–Trinajstić information content (AvgIpc) is 3.07. The lowest BCUT2D eigenvalue weighted by Gasteiger charge is -2.37. The molecule has 4 heterocycles. The molecule has 3 N–H and O–H groups in total. The maximum absolute atomic E-state index is 9.68. The van der Waals surface area contributed by atoms with E-state index >= 15 is 0 Å². The summed E-state index contributed by atoms with van der Waals surface area (Å²) < 4.78 is 18.3. The van der Waals surface area contributed by atoms with Crippen LogP contribution in [0.1, 0.15) is 27.2 Å². The quantitative estimate of drug-likeness (QED) is 0.738. The lowest BCUT2D eigenvalue weighted by Crippen LogP contribution is -2.53. The molecule has 4 aliphatic rings. The number of aliphatic imine (C=N–C) groups is 1. The Morgan fingerprint density at radius 2 is 2.17 bits per heavy atom. The van der Waals surface area contributed by atoms with Crippen molar-refractivity contribution in [3.8, 4) is 0 Å². The molecule has 2 saturated heterocycles. The standard InChI is InChI=1S/C15H22N4O4/c1-14(2)22-12-10(6-20)21-11(15(12,3)23-14)8-4-5-9-13(16)17-7-18-19(8)9/h5,7-8,10-12,20H,4,6H2,1-3H3,(H2,16,17,18)/t8?,10-,11+,12-,15+/m1/s1. The lowest BCUT2D eigenvalue weighted by molar-refractivity contribution is -0.211. The van der Waals surface area contributed by atoms with Crippen LogP contribution in [-0.4, -0.2) is 64.6 Å². The van der Waals surface area contributed by atoms with Crippen molar-refractivity contribution < 1.29 is 19.3 Å². The predicted octanol–water partition coefficient (Wildman–Crippen LogP) is -0.0714. The fourth-order valence-electron chi connectivity index (χ4n) is 4.14. The van der Waals surface area contributed by atoms with Crippen LogP contribution in [0.25, 0.3) is 0 Å². The van der Waals surface area contributed by atoms with Crippen molar-refractivity contribution >= 4 is 12.2 Å². The largest absolute Gasteiger partial charge is 0.394 e. The zero-order valence-electron chi connectivity index (χ0n) is 13.5. The first-order valence-electron chi connectivity index (χ1n) is 7.85. The zero-order chi connectivity index (χ0) is 16.4. The van der Waals surface area contributed by atoms with E-state index in [-0.39, 0.29) is 24.9 Å². The summed E-state index contributed by atoms with van der Waals surface area (Å²) in [4.78, 5) is 4.03. The maximum atomic E-state index is 9.68. The molecule has 0 spiro atoms. The van der Waals surface area contributed by atoms with Gasteiger partial charge in [0, 0.05) is 0 Å². The second kappa shape index (κ2) is 4.76. The number of nitrogens with two attached hydrogens (primary N) is 1. The molecule has 4 rings (SSSR count). The van der Waals surface area contributed by atoms with Crippen molar-refractivity contribution in [3.63, 3.8) is 0 Å². The topological polar surface area (TPSA) is 102 Å². The highest BCUT2D eigenvalue weighted by molar-refractivity contribution is 6.02. The van der Waals surface area contributed by atoms with Gasteiger partial charge in [0.05, 0.1) is 18.3 Å². The summed E-state index contributed by atoms with van der Waals surface area (Å²) >= 11 is 0. The summed E-state index contributed by atoms with van der Waals surface area (Å²) in [6, 6.07) is -0.0724. The number of hydrazone groups is 1. The van der Waals surface area contributed by atoms with E-state index in [2.05, 4.69) is 10.1 Å². The van der Waals surface area contributed by atoms with E-state index in [0.717, 1.165) is 12.1 Å². The molecule has 1 unspecified atom stereocenters. The molecule has 0 aliphatic carbocycles. The normalized spacial score (nSPS) is 44.1. The molecule has 8 nitrogen and oxygen atoms in total. The van der Waals surface area contributed by atoms with E-state index in [4.69, 9.17) is 19.9 Å². The number of hydrogen-bond acceptors (Lipinski definition) is 8. The van der Waals surface area contributed by atoms with Crippen molar-refractivity contribution in [2.45, 2.75) is 62.9 Å². The van der Waals surface area contributed by atoms with Crippen LogP contribution in [0.4, 0.5) is 0 Å². The summed E-state index contributed by atoms with van der Waals surface area (Å²) in [7, 11) is 0. The molecule has 0 bridgehead atoms. The summed E-state index contributed by atoms with van der Waals surface area (Å²) in [6.45, 7) is 5.63. The molecular formula is C15H22N4O4. The van der Waals surface area contributed by atoms with Gasteiger partial charge in [0.1, 0.15) is 30.3 Å². The van der Waals surface area contributed by atoms with Gasteiger partial charge < -0.3 is 25.1 Å². The number of fused-ring (bicyclic) bond motifs is 2. The van der Waals surface area contributed by atoms with Gasteiger partial charge in [-0.2, -0.15) is 5.10 Å². The monoisotopic (exact) mass is 322 g/mol. The van der Waals surface area contributed by atoms with Gasteiger partial charge in [-0.3, -0.25) is 5.01 Å². The smallest absolute Gasteiger partial charge is 0.164 e. The van der Waals surface area contributed by atoms with Crippen LogP contribution in [0.15, 0.2) is 21.9 Å². The van der Waals surface area contributed by atoms with Crippen molar-refractivity contribution in [2.75, 3.05) is 6.61 Å². The molecule has 0 aromatic rings. The third-order valence-electron chi connectivity index (χ3n) is 4.94. The maximum Gasteiger partial charge on any atom is 0.164 e. The number of amidine groups is 1. The molecule has 4 aliphatic heterocycles. The molecule has 126 valence electrons. The highest BCUT2D eigenvalue weighted by atomic mass is 16.8. The van der Waals surface area contributed by atoms with Crippen molar-refractivity contribution in [3.05, 3.63) is 11.8 Å². The minimum Gasteiger partial charge on any atom is -0.394 e. The molecule has 8 heteroatoms. The van der Waals surface area contributed by atoms with Crippen LogP contribution in [-0.2, 0) is 14.2 Å². The predicted molar refractivity (Wildman–Crippen MR) is 82.6 cm³/mol. The molecule has 0 saturated carbocycles. The van der Waals surface area contributed by atoms with Gasteiger partial charge in [0.2, 0.25) is 0 Å². The molecule has 0 aromatic heterocycles. The number of nitrogens with zero attached hydrogens (tertiary/aromatic N) is 3. The SMILES string of the molecule is CC1(C)O[C@@H]2[C@@H](CO)O[C@@H](C3CC=C4C(N)=NC=NN43)[C@]2(C)O1. The van der Waals surface area contributed by atoms with Crippen LogP contribution in [0.3, 0.4) is 0 Å². The Balaban J connectivity index is 1.65. The third-order valence-corrected chi connectivity index (χ3v) is 4.94. The number of aliphatic hydroxyl groups excluding tert-OH is 1. The summed E-state index contributed by atoms with van der Waals surface area (Å²) in [5.41, 5.74) is 6.06. The second-order valence-corrected chi connectivity index (χ2v) is 6.98. The highest BCUT2D eigenvalue weighted by Crippen LogP contribution is 2.49. The minimum absolute atomic E-state index is 0.0724. The van der Waals surface area contributed by atoms with Crippen LogP contribution < -0.4 is 5.73 Å². The number of rotatable bonds is 2. The molecular weight excluding hydrogens is 300 g/mol. The minimum atomic E-state index is -0.713. The number of hydrogen-bond donors (Lipinski definition) is 2. The fourth-order valence-corrected chi connectivity index (χ4v) is 4.14. The van der Waals surface area contributed by atoms with Crippen LogP contribution in [0.2, 0.25) is 0 Å². The Labute approximate surface area is 134 Å². The third kappa shape index (κ3) is 2.06. The van der Waals surface area contributed by atoms with Gasteiger partial charge in [0.15, 0.2) is 11.6 Å². The molecule has 5 atom stereocenters. The molecule has 2 fully saturated rings. The Bertz CT molecular complexity index is 617. The fraction of sp³-hybridized carbons (Fsp3) is 0.733. The summed E-state index contributed by atoms with van der Waals surface area (Å²) in [5, 5.41) is 15.8. The molecule has 0 aromatic carbocycles. The van der Waals surface area contributed by atoms with E-state index in [1.165, 1.54) is 6.34 Å². The van der Waals surface area contributed by atoms with Crippen molar-refractivity contribution in [2.24, 2.45) is 15.8 Å². The average molecular weight is 322 g/mol. The van der Waals surface area contributed by atoms with Gasteiger partial charge in [-0.15, -0.1) is 0 Å². The Hall–Kier alpha value is -1.48. The molecule has 0 radical (unpaired) electrons. The van der Waals surface area contributed by atoms with E-state index < -0.39 is 17.5 Å². The van der Waals surface area contributed by atoms with E-state index in [1.807, 2.05) is 31.9 Å². The molecule has 23 heavy (non-hydrogen) atoms. The van der Waals surface area contributed by atoms with Crippen LogP contribution in [0.5, 0.6) is 0 Å². The van der Waals surface area contributed by atoms with Crippen LogP contribution >= 0.6 is 0 Å². The first kappa shape index (κ1) is 15.1. The van der Waals surface area contributed by atoms with Gasteiger partial charge >= 0.3 is 0 Å². The van der Waals surface area contributed by atoms with E-state index in [9.17, 15) is 5.11 Å². The summed E-state index contributed by atoms with van der Waals surface area (Å²) in [6.07, 6.45) is 3.13. The number of aliphatic hydroxyl groups is 1. The van der Waals surface area contributed by atoms with Crippen molar-refractivity contribution in [1.82, 2.24) is 5.01 Å². The molecule has 0 amide bonds. The first-order valence-corrected chi connectivity index (χ1v) is 7.85. The second-order valence-electron chi connectivity index (χ2n) is 6.98.